The van der Waals surface area contributed by atoms with Gasteiger partial charge in [0, 0.05) is 44.0 Å². The van der Waals surface area contributed by atoms with Crippen LogP contribution in [0.5, 0.6) is 0 Å². The number of fused-ring (bicyclic) bond motifs is 1. The summed E-state index contributed by atoms with van der Waals surface area (Å²) in [6.45, 7) is 10.5. The van der Waals surface area contributed by atoms with E-state index in [1.165, 1.54) is 4.90 Å². The van der Waals surface area contributed by atoms with Crippen molar-refractivity contribution in [3.63, 3.8) is 0 Å². The lowest BCUT2D eigenvalue weighted by molar-refractivity contribution is -0.0385. The minimum Gasteiger partial charge on any atom is -0.465 e. The molecule has 34 heavy (non-hydrogen) atoms. The molecule has 1 saturated heterocycles. The van der Waals surface area contributed by atoms with E-state index < -0.39 is 17.6 Å². The first kappa shape index (κ1) is 24.3. The molecule has 1 N–H and O–H groups in total. The maximum Gasteiger partial charge on any atom is 0.407 e. The number of aromatic nitrogens is 3. The van der Waals surface area contributed by atoms with Crippen LogP contribution in [0.2, 0.25) is 0 Å². The van der Waals surface area contributed by atoms with Gasteiger partial charge >= 0.3 is 6.09 Å². The summed E-state index contributed by atoms with van der Waals surface area (Å²) in [5.41, 5.74) is 1.48. The molecule has 2 amide bonds. The second kappa shape index (κ2) is 8.16. The third kappa shape index (κ3) is 4.59. The number of hydrogen-bond donors (Lipinski definition) is 1. The minimum absolute atomic E-state index is 0.0605. The molecule has 0 unspecified atom stereocenters. The van der Waals surface area contributed by atoms with E-state index in [1.807, 2.05) is 40.7 Å². The van der Waals surface area contributed by atoms with Gasteiger partial charge in [-0.1, -0.05) is 20.8 Å². The van der Waals surface area contributed by atoms with Crippen molar-refractivity contribution >= 4 is 17.6 Å². The van der Waals surface area contributed by atoms with Crippen LogP contribution in [0.1, 0.15) is 88.0 Å². The van der Waals surface area contributed by atoms with Crippen molar-refractivity contribution < 1.29 is 23.5 Å². The van der Waals surface area contributed by atoms with E-state index in [-0.39, 0.29) is 55.4 Å². The maximum atomic E-state index is 13.7. The van der Waals surface area contributed by atoms with Crippen LogP contribution in [0.15, 0.2) is 12.3 Å². The lowest BCUT2D eigenvalue weighted by Gasteiger charge is -2.45. The number of carboxylic acid groups (broad SMARTS) is 1. The first-order chi connectivity index (χ1) is 15.7. The van der Waals surface area contributed by atoms with Gasteiger partial charge in [0.2, 0.25) is 5.92 Å². The number of hydrogen-bond acceptors (Lipinski definition) is 4. The molecule has 2 aromatic heterocycles. The van der Waals surface area contributed by atoms with E-state index in [0.29, 0.717) is 18.5 Å². The Bertz CT molecular complexity index is 1110. The Kier molecular flexibility index (Phi) is 5.85. The summed E-state index contributed by atoms with van der Waals surface area (Å²) in [6, 6.07) is 1.96. The summed E-state index contributed by atoms with van der Waals surface area (Å²) < 4.78 is 29.0. The summed E-state index contributed by atoms with van der Waals surface area (Å²) in [4.78, 5) is 32.5. The number of carbonyl (C=O) groups is 2. The Morgan fingerprint density at radius 1 is 1.15 bits per heavy atom. The van der Waals surface area contributed by atoms with Crippen LogP contribution in [0.4, 0.5) is 13.6 Å². The number of halogens is 2. The van der Waals surface area contributed by atoms with Crippen LogP contribution < -0.4 is 0 Å². The number of imidazole rings is 1. The molecular formula is C24H33F2N5O3. The molecule has 186 valence electrons. The highest BCUT2D eigenvalue weighted by Crippen LogP contribution is 2.41. The number of amides is 2. The maximum absolute atomic E-state index is 13.7. The third-order valence-electron chi connectivity index (χ3n) is 7.02. The molecule has 1 saturated carbocycles. The van der Waals surface area contributed by atoms with Gasteiger partial charge in [0.1, 0.15) is 5.69 Å². The zero-order chi connectivity index (χ0) is 25.1. The molecule has 1 aliphatic heterocycles. The molecule has 4 rings (SSSR count). The van der Waals surface area contributed by atoms with Crippen LogP contribution in [-0.4, -0.2) is 72.6 Å². The lowest BCUT2D eigenvalue weighted by Crippen LogP contribution is -2.61. The zero-order valence-corrected chi connectivity index (χ0v) is 20.4. The Labute approximate surface area is 197 Å². The first-order valence-corrected chi connectivity index (χ1v) is 11.8. The predicted octanol–water partition coefficient (Wildman–Crippen LogP) is 4.53. The van der Waals surface area contributed by atoms with Crippen molar-refractivity contribution in [2.45, 2.75) is 83.1 Å². The van der Waals surface area contributed by atoms with Crippen molar-refractivity contribution in [2.24, 2.45) is 0 Å². The average molecular weight is 478 g/mol. The monoisotopic (exact) mass is 477 g/mol. The van der Waals surface area contributed by atoms with Crippen LogP contribution in [0.25, 0.3) is 5.65 Å². The number of carbonyl (C=O) groups excluding carboxylic acids is 1. The van der Waals surface area contributed by atoms with Gasteiger partial charge in [-0.15, -0.1) is 0 Å². The molecule has 3 heterocycles. The molecule has 2 aromatic rings. The number of alkyl halides is 2. The highest BCUT2D eigenvalue weighted by molar-refractivity contribution is 5.93. The third-order valence-corrected chi connectivity index (χ3v) is 7.02. The van der Waals surface area contributed by atoms with Crippen LogP contribution in [0, 0.1) is 0 Å². The lowest BCUT2D eigenvalue weighted by atomic mass is 9.82. The molecule has 1 aliphatic carbocycles. The molecule has 0 atom stereocenters. The quantitative estimate of drug-likeness (QED) is 0.686. The van der Waals surface area contributed by atoms with Crippen LogP contribution in [-0.2, 0) is 5.41 Å². The van der Waals surface area contributed by atoms with E-state index >= 15 is 0 Å². The van der Waals surface area contributed by atoms with E-state index in [4.69, 9.17) is 5.10 Å². The molecule has 8 nitrogen and oxygen atoms in total. The molecule has 2 fully saturated rings. The Balaban J connectivity index is 1.69. The van der Waals surface area contributed by atoms with Gasteiger partial charge in [0.25, 0.3) is 5.91 Å². The Hall–Kier alpha value is -2.78. The second-order valence-electron chi connectivity index (χ2n) is 11.2. The fraction of sp³-hybridized carbons (Fsp3) is 0.667. The molecular weight excluding hydrogens is 444 g/mol. The standard InChI is InChI=1S/C24H33F2N5O3/c1-22(2,3)16-12-17(15-6-8-24(25,26)9-7-15)28-31-13-18(27-19(16)31)20(32)30-11-10-29(21(33)34)14-23(30,4)5/h12-13,15H,6-11,14H2,1-5H3,(H,33,34). The van der Waals surface area contributed by atoms with Crippen molar-refractivity contribution in [3.8, 4) is 0 Å². The second-order valence-corrected chi connectivity index (χ2v) is 11.2. The Morgan fingerprint density at radius 3 is 2.35 bits per heavy atom. The molecule has 2 aliphatic rings. The minimum atomic E-state index is -2.61. The summed E-state index contributed by atoms with van der Waals surface area (Å²) >= 11 is 0. The molecule has 0 bridgehead atoms. The SMILES string of the molecule is CC(C)(C)c1cc(C2CCC(F)(F)CC2)nn2cc(C(=O)N3CCN(C(=O)O)CC3(C)C)nc12. The van der Waals surface area contributed by atoms with Crippen LogP contribution in [0.3, 0.4) is 0 Å². The van der Waals surface area contributed by atoms with Crippen LogP contribution >= 0.6 is 0 Å². The van der Waals surface area contributed by atoms with Gasteiger partial charge in [-0.25, -0.2) is 23.1 Å². The summed E-state index contributed by atoms with van der Waals surface area (Å²) in [5.74, 6) is -2.95. The van der Waals surface area contributed by atoms with Gasteiger partial charge in [-0.05, 0) is 38.2 Å². The van der Waals surface area contributed by atoms with Crippen molar-refractivity contribution in [1.82, 2.24) is 24.4 Å². The normalized spacial score (nSPS) is 21.1. The van der Waals surface area contributed by atoms with Gasteiger partial charge < -0.3 is 14.9 Å². The van der Waals surface area contributed by atoms with Gasteiger partial charge in [0.15, 0.2) is 5.65 Å². The molecule has 10 heteroatoms. The van der Waals surface area contributed by atoms with Crippen molar-refractivity contribution in [1.29, 1.82) is 0 Å². The fourth-order valence-electron chi connectivity index (χ4n) is 5.02. The molecule has 0 spiro atoms. The summed E-state index contributed by atoms with van der Waals surface area (Å²) in [7, 11) is 0. The smallest absolute Gasteiger partial charge is 0.407 e. The van der Waals surface area contributed by atoms with Gasteiger partial charge in [0.05, 0.1) is 17.4 Å². The van der Waals surface area contributed by atoms with E-state index in [0.717, 1.165) is 11.3 Å². The van der Waals surface area contributed by atoms with E-state index in [2.05, 4.69) is 4.98 Å². The van der Waals surface area contributed by atoms with Crippen molar-refractivity contribution in [2.75, 3.05) is 19.6 Å². The van der Waals surface area contributed by atoms with Crippen molar-refractivity contribution in [3.05, 3.63) is 29.2 Å². The topological polar surface area (TPSA) is 91.0 Å². The summed E-state index contributed by atoms with van der Waals surface area (Å²) in [6.07, 6.45) is 1.06. The number of rotatable bonds is 2. The predicted molar refractivity (Wildman–Crippen MR) is 123 cm³/mol. The fourth-order valence-corrected chi connectivity index (χ4v) is 5.02. The van der Waals surface area contributed by atoms with E-state index in [1.54, 1.807) is 15.6 Å². The van der Waals surface area contributed by atoms with E-state index in [9.17, 15) is 23.5 Å². The summed E-state index contributed by atoms with van der Waals surface area (Å²) in [5, 5.41) is 14.0. The molecule has 0 radical (unpaired) electrons. The van der Waals surface area contributed by atoms with Gasteiger partial charge in [-0.2, -0.15) is 5.10 Å². The highest BCUT2D eigenvalue weighted by Gasteiger charge is 2.40. The molecule has 0 aromatic carbocycles. The first-order valence-electron chi connectivity index (χ1n) is 11.8. The van der Waals surface area contributed by atoms with Gasteiger partial charge in [-0.3, -0.25) is 4.79 Å². The number of nitrogens with zero attached hydrogens (tertiary/aromatic N) is 5. The highest BCUT2D eigenvalue weighted by atomic mass is 19.3. The number of piperazine rings is 1. The average Bonchev–Trinajstić information content (AvgIpc) is 3.15. The largest absolute Gasteiger partial charge is 0.465 e. The zero-order valence-electron chi connectivity index (χ0n) is 20.4. The Morgan fingerprint density at radius 2 is 1.79 bits per heavy atom.